The molecule has 15 heavy (non-hydrogen) atoms. The summed E-state index contributed by atoms with van der Waals surface area (Å²) in [5, 5.41) is 0. The van der Waals surface area contributed by atoms with E-state index in [9.17, 15) is 0 Å². The van der Waals surface area contributed by atoms with Gasteiger partial charge in [0.15, 0.2) is 0 Å². The maximum absolute atomic E-state index is 6.06. The predicted molar refractivity (Wildman–Crippen MR) is 66.8 cm³/mol. The number of hydrogen-bond acceptors (Lipinski definition) is 1. The van der Waals surface area contributed by atoms with Crippen LogP contribution in [-0.2, 0) is 6.42 Å². The van der Waals surface area contributed by atoms with Gasteiger partial charge in [-0.1, -0.05) is 51.5 Å². The zero-order valence-corrected chi connectivity index (χ0v) is 10.2. The van der Waals surface area contributed by atoms with Crippen LogP contribution in [0.15, 0.2) is 24.3 Å². The Labute approximate surface area is 93.7 Å². The molecule has 0 heterocycles. The van der Waals surface area contributed by atoms with Gasteiger partial charge in [0.05, 0.1) is 0 Å². The molecule has 2 N–H and O–H groups in total. The quantitative estimate of drug-likeness (QED) is 0.779. The molecule has 0 radical (unpaired) electrons. The molecule has 1 nitrogen and oxygen atoms in total. The number of rotatable bonds is 5. The summed E-state index contributed by atoms with van der Waals surface area (Å²) >= 11 is 0. The third kappa shape index (κ3) is 4.05. The summed E-state index contributed by atoms with van der Waals surface area (Å²) in [6.45, 7) is 6.67. The summed E-state index contributed by atoms with van der Waals surface area (Å²) in [6, 6.07) is 8.99. The number of nitrogens with two attached hydrogens (primary N) is 1. The van der Waals surface area contributed by atoms with Gasteiger partial charge in [-0.15, -0.1) is 0 Å². The minimum absolute atomic E-state index is 0.211. The summed E-state index contributed by atoms with van der Waals surface area (Å²) in [7, 11) is 0. The Morgan fingerprint density at radius 2 is 1.73 bits per heavy atom. The molecule has 1 rings (SSSR count). The standard InChI is InChI=1S/C14H23N/c1-4-5-14(15)13-8-6-12(7-9-13)10-11(2)3/h6-9,11,14H,4-5,10,15H2,1-3H3. The van der Waals surface area contributed by atoms with Gasteiger partial charge in [0.2, 0.25) is 0 Å². The van der Waals surface area contributed by atoms with Crippen molar-refractivity contribution in [3.8, 4) is 0 Å². The molecule has 1 unspecified atom stereocenters. The predicted octanol–water partition coefficient (Wildman–Crippen LogP) is 3.69. The summed E-state index contributed by atoms with van der Waals surface area (Å²) in [6.07, 6.45) is 3.38. The average Bonchev–Trinajstić information content (AvgIpc) is 2.18. The maximum Gasteiger partial charge on any atom is 0.0294 e. The lowest BCUT2D eigenvalue weighted by molar-refractivity contribution is 0.633. The van der Waals surface area contributed by atoms with Crippen LogP contribution >= 0.6 is 0 Å². The molecule has 0 fully saturated rings. The Morgan fingerprint density at radius 3 is 2.20 bits per heavy atom. The fourth-order valence-electron chi connectivity index (χ4n) is 1.85. The van der Waals surface area contributed by atoms with Gasteiger partial charge in [0, 0.05) is 6.04 Å². The molecule has 84 valence electrons. The van der Waals surface area contributed by atoms with Crippen molar-refractivity contribution in [3.05, 3.63) is 35.4 Å². The molecule has 1 heteroatoms. The molecule has 0 aliphatic rings. The smallest absolute Gasteiger partial charge is 0.0294 e. The second-order valence-corrected chi connectivity index (χ2v) is 4.73. The molecule has 0 aliphatic heterocycles. The van der Waals surface area contributed by atoms with Crippen LogP contribution in [0.2, 0.25) is 0 Å². The fourth-order valence-corrected chi connectivity index (χ4v) is 1.85. The van der Waals surface area contributed by atoms with Gasteiger partial charge in [0.1, 0.15) is 0 Å². The first kappa shape index (κ1) is 12.3. The number of hydrogen-bond donors (Lipinski definition) is 1. The van der Waals surface area contributed by atoms with Crippen molar-refractivity contribution >= 4 is 0 Å². The lowest BCUT2D eigenvalue weighted by Crippen LogP contribution is -2.09. The first-order valence-corrected chi connectivity index (χ1v) is 5.98. The Morgan fingerprint density at radius 1 is 1.13 bits per heavy atom. The van der Waals surface area contributed by atoms with E-state index in [1.165, 1.54) is 11.1 Å². The Balaban J connectivity index is 2.63. The highest BCUT2D eigenvalue weighted by molar-refractivity contribution is 5.25. The van der Waals surface area contributed by atoms with E-state index in [2.05, 4.69) is 45.0 Å². The molecule has 0 amide bonds. The van der Waals surface area contributed by atoms with Gasteiger partial charge < -0.3 is 5.73 Å². The molecule has 0 aromatic heterocycles. The van der Waals surface area contributed by atoms with E-state index in [0.717, 1.165) is 25.2 Å². The van der Waals surface area contributed by atoms with Crippen molar-refractivity contribution < 1.29 is 0 Å². The molecule has 1 aromatic carbocycles. The van der Waals surface area contributed by atoms with Crippen LogP contribution in [0.3, 0.4) is 0 Å². The normalized spacial score (nSPS) is 13.1. The van der Waals surface area contributed by atoms with Crippen molar-refractivity contribution in [2.24, 2.45) is 11.7 Å². The SMILES string of the molecule is CCCC(N)c1ccc(CC(C)C)cc1. The van der Waals surface area contributed by atoms with E-state index in [1.54, 1.807) is 0 Å². The topological polar surface area (TPSA) is 26.0 Å². The first-order chi connectivity index (χ1) is 7.13. The van der Waals surface area contributed by atoms with Gasteiger partial charge >= 0.3 is 0 Å². The molecular formula is C14H23N. The van der Waals surface area contributed by atoms with Crippen LogP contribution in [0.1, 0.15) is 50.8 Å². The zero-order chi connectivity index (χ0) is 11.3. The Hall–Kier alpha value is -0.820. The zero-order valence-electron chi connectivity index (χ0n) is 10.2. The summed E-state index contributed by atoms with van der Waals surface area (Å²) in [5.41, 5.74) is 8.74. The van der Waals surface area contributed by atoms with Gasteiger partial charge in [-0.2, -0.15) is 0 Å². The molecule has 0 bridgehead atoms. The molecular weight excluding hydrogens is 182 g/mol. The van der Waals surface area contributed by atoms with Crippen LogP contribution < -0.4 is 5.73 Å². The Kier molecular flexibility index (Phi) is 4.83. The molecule has 0 saturated heterocycles. The van der Waals surface area contributed by atoms with Crippen molar-refractivity contribution in [3.63, 3.8) is 0 Å². The Bertz CT molecular complexity index is 274. The fraction of sp³-hybridized carbons (Fsp3) is 0.571. The molecule has 0 aliphatic carbocycles. The van der Waals surface area contributed by atoms with Crippen LogP contribution in [0.4, 0.5) is 0 Å². The summed E-state index contributed by atoms with van der Waals surface area (Å²) in [5.74, 6) is 0.722. The van der Waals surface area contributed by atoms with E-state index >= 15 is 0 Å². The molecule has 1 atom stereocenters. The highest BCUT2D eigenvalue weighted by Crippen LogP contribution is 2.17. The van der Waals surface area contributed by atoms with Gasteiger partial charge in [-0.3, -0.25) is 0 Å². The summed E-state index contributed by atoms with van der Waals surface area (Å²) < 4.78 is 0. The highest BCUT2D eigenvalue weighted by atomic mass is 14.6. The van der Waals surface area contributed by atoms with Crippen LogP contribution in [0, 0.1) is 5.92 Å². The lowest BCUT2D eigenvalue weighted by atomic mass is 9.98. The monoisotopic (exact) mass is 205 g/mol. The van der Waals surface area contributed by atoms with Crippen LogP contribution in [0.5, 0.6) is 0 Å². The molecule has 0 spiro atoms. The van der Waals surface area contributed by atoms with Gasteiger partial charge in [-0.25, -0.2) is 0 Å². The largest absolute Gasteiger partial charge is 0.324 e. The minimum Gasteiger partial charge on any atom is -0.324 e. The minimum atomic E-state index is 0.211. The first-order valence-electron chi connectivity index (χ1n) is 5.98. The van der Waals surface area contributed by atoms with Crippen molar-refractivity contribution in [2.75, 3.05) is 0 Å². The summed E-state index contributed by atoms with van der Waals surface area (Å²) in [4.78, 5) is 0. The number of benzene rings is 1. The maximum atomic E-state index is 6.06. The van der Waals surface area contributed by atoms with Crippen molar-refractivity contribution in [2.45, 2.75) is 46.1 Å². The molecule has 1 aromatic rings. The van der Waals surface area contributed by atoms with Gasteiger partial charge in [0.25, 0.3) is 0 Å². The van der Waals surface area contributed by atoms with E-state index in [0.29, 0.717) is 0 Å². The second kappa shape index (κ2) is 5.92. The van der Waals surface area contributed by atoms with E-state index < -0.39 is 0 Å². The van der Waals surface area contributed by atoms with Crippen molar-refractivity contribution in [1.82, 2.24) is 0 Å². The van der Waals surface area contributed by atoms with Crippen LogP contribution in [-0.4, -0.2) is 0 Å². The van der Waals surface area contributed by atoms with Gasteiger partial charge in [-0.05, 0) is 29.9 Å². The van der Waals surface area contributed by atoms with E-state index in [1.807, 2.05) is 0 Å². The third-order valence-electron chi connectivity index (χ3n) is 2.65. The van der Waals surface area contributed by atoms with E-state index in [-0.39, 0.29) is 6.04 Å². The average molecular weight is 205 g/mol. The second-order valence-electron chi connectivity index (χ2n) is 4.73. The third-order valence-corrected chi connectivity index (χ3v) is 2.65. The lowest BCUT2D eigenvalue weighted by Gasteiger charge is -2.12. The van der Waals surface area contributed by atoms with Crippen molar-refractivity contribution in [1.29, 1.82) is 0 Å². The highest BCUT2D eigenvalue weighted by Gasteiger charge is 2.04. The van der Waals surface area contributed by atoms with Crippen LogP contribution in [0.25, 0.3) is 0 Å². The van der Waals surface area contributed by atoms with E-state index in [4.69, 9.17) is 5.73 Å². The molecule has 0 saturated carbocycles.